The van der Waals surface area contributed by atoms with Gasteiger partial charge in [0.15, 0.2) is 5.96 Å². The van der Waals surface area contributed by atoms with Crippen molar-refractivity contribution in [1.29, 1.82) is 0 Å². The number of halogens is 4. The second-order valence-electron chi connectivity index (χ2n) is 5.71. The minimum Gasteiger partial charge on any atom is -0.476 e. The maximum Gasteiger partial charge on any atom is 0.417 e. The van der Waals surface area contributed by atoms with Crippen molar-refractivity contribution in [3.63, 3.8) is 0 Å². The van der Waals surface area contributed by atoms with E-state index in [1.807, 2.05) is 18.4 Å². The van der Waals surface area contributed by atoms with Crippen molar-refractivity contribution in [2.45, 2.75) is 33.0 Å². The van der Waals surface area contributed by atoms with Gasteiger partial charge in [0.2, 0.25) is 5.88 Å². The van der Waals surface area contributed by atoms with Crippen LogP contribution in [0.5, 0.6) is 5.88 Å². The van der Waals surface area contributed by atoms with E-state index in [2.05, 4.69) is 30.8 Å². The van der Waals surface area contributed by atoms with Gasteiger partial charge < -0.3 is 19.9 Å². The lowest BCUT2D eigenvalue weighted by Crippen LogP contribution is -2.39. The molecule has 2 N–H and O–H groups in total. The molecule has 12 heteroatoms. The van der Waals surface area contributed by atoms with Crippen molar-refractivity contribution >= 4 is 29.9 Å². The SMILES string of the molecule is CCNC(=NCCn1cnnc1CC)NCCOc1ccc(C(F)(F)F)cn1.I. The number of nitrogens with zero attached hydrogens (tertiary/aromatic N) is 5. The largest absolute Gasteiger partial charge is 0.476 e. The van der Waals surface area contributed by atoms with Crippen LogP contribution in [-0.2, 0) is 19.1 Å². The Morgan fingerprint density at radius 3 is 2.66 bits per heavy atom. The van der Waals surface area contributed by atoms with Gasteiger partial charge in [-0.25, -0.2) is 4.98 Å². The van der Waals surface area contributed by atoms with Crippen molar-refractivity contribution in [1.82, 2.24) is 30.4 Å². The van der Waals surface area contributed by atoms with E-state index in [-0.39, 0.29) is 36.5 Å². The van der Waals surface area contributed by atoms with Crippen LogP contribution in [0.2, 0.25) is 0 Å². The molecule has 2 aromatic heterocycles. The molecule has 0 bridgehead atoms. The third-order valence-electron chi connectivity index (χ3n) is 3.68. The molecule has 0 spiro atoms. The minimum atomic E-state index is -4.41. The Labute approximate surface area is 184 Å². The molecule has 0 amide bonds. The molecule has 8 nitrogen and oxygen atoms in total. The van der Waals surface area contributed by atoms with Crippen LogP contribution in [0.1, 0.15) is 25.2 Å². The highest BCUT2D eigenvalue weighted by Gasteiger charge is 2.30. The van der Waals surface area contributed by atoms with Gasteiger partial charge in [-0.15, -0.1) is 34.2 Å². The van der Waals surface area contributed by atoms with Crippen LogP contribution in [0.25, 0.3) is 0 Å². The smallest absolute Gasteiger partial charge is 0.417 e. The van der Waals surface area contributed by atoms with E-state index in [1.165, 1.54) is 6.07 Å². The molecule has 2 heterocycles. The van der Waals surface area contributed by atoms with Crippen molar-refractivity contribution < 1.29 is 17.9 Å². The fourth-order valence-electron chi connectivity index (χ4n) is 2.31. The lowest BCUT2D eigenvalue weighted by Gasteiger charge is -2.12. The van der Waals surface area contributed by atoms with Gasteiger partial charge in [0, 0.05) is 31.8 Å². The van der Waals surface area contributed by atoms with Gasteiger partial charge >= 0.3 is 6.18 Å². The zero-order valence-electron chi connectivity index (χ0n) is 16.2. The highest BCUT2D eigenvalue weighted by Crippen LogP contribution is 2.29. The summed E-state index contributed by atoms with van der Waals surface area (Å²) in [4.78, 5) is 8.13. The maximum atomic E-state index is 12.5. The van der Waals surface area contributed by atoms with E-state index in [1.54, 1.807) is 6.33 Å². The van der Waals surface area contributed by atoms with Crippen molar-refractivity contribution in [3.8, 4) is 5.88 Å². The van der Waals surface area contributed by atoms with Crippen LogP contribution >= 0.6 is 24.0 Å². The van der Waals surface area contributed by atoms with Crippen LogP contribution < -0.4 is 15.4 Å². The summed E-state index contributed by atoms with van der Waals surface area (Å²) < 4.78 is 44.8. The number of hydrogen-bond acceptors (Lipinski definition) is 5. The topological polar surface area (TPSA) is 89.2 Å². The standard InChI is InChI=1S/C17H24F3N7O.HI/c1-3-14-26-25-12-27(14)9-7-22-16(21-4-2)23-8-10-28-15-6-5-13(11-24-15)17(18,19)20;/h5-6,11-12H,3-4,7-10H2,1-2H3,(H2,21,22,23);1H. The van der Waals surface area contributed by atoms with Gasteiger partial charge in [0.25, 0.3) is 0 Å². The number of nitrogens with one attached hydrogen (secondary N) is 2. The summed E-state index contributed by atoms with van der Waals surface area (Å²) in [7, 11) is 0. The molecule has 0 aliphatic rings. The first-order valence-corrected chi connectivity index (χ1v) is 8.99. The second kappa shape index (κ2) is 12.4. The average Bonchev–Trinajstić information content (AvgIpc) is 3.12. The minimum absolute atomic E-state index is 0. The number of pyridine rings is 1. The van der Waals surface area contributed by atoms with Gasteiger partial charge in [0.1, 0.15) is 18.8 Å². The van der Waals surface area contributed by atoms with Crippen LogP contribution in [0.4, 0.5) is 13.2 Å². The van der Waals surface area contributed by atoms with E-state index in [0.717, 1.165) is 24.5 Å². The number of rotatable bonds is 9. The summed E-state index contributed by atoms with van der Waals surface area (Å²) in [6.45, 7) is 6.52. The van der Waals surface area contributed by atoms with E-state index in [0.29, 0.717) is 32.1 Å². The Morgan fingerprint density at radius 1 is 1.24 bits per heavy atom. The summed E-state index contributed by atoms with van der Waals surface area (Å²) in [6.07, 6.45) is -1.17. The van der Waals surface area contributed by atoms with Crippen LogP contribution in [0.15, 0.2) is 29.6 Å². The molecule has 0 radical (unpaired) electrons. The molecule has 2 aromatic rings. The predicted octanol–water partition coefficient (Wildman–Crippen LogP) is 2.51. The predicted molar refractivity (Wildman–Crippen MR) is 114 cm³/mol. The molecule has 0 atom stereocenters. The van der Waals surface area contributed by atoms with Crippen LogP contribution in [0, 0.1) is 0 Å². The number of aromatic nitrogens is 4. The summed E-state index contributed by atoms with van der Waals surface area (Å²) >= 11 is 0. The van der Waals surface area contributed by atoms with E-state index < -0.39 is 11.7 Å². The van der Waals surface area contributed by atoms with E-state index >= 15 is 0 Å². The number of alkyl halides is 3. The van der Waals surface area contributed by atoms with E-state index in [9.17, 15) is 13.2 Å². The van der Waals surface area contributed by atoms with Crippen molar-refractivity contribution in [3.05, 3.63) is 36.0 Å². The molecule has 0 fully saturated rings. The zero-order chi connectivity index (χ0) is 20.4. The van der Waals surface area contributed by atoms with Crippen LogP contribution in [0.3, 0.4) is 0 Å². The maximum absolute atomic E-state index is 12.5. The van der Waals surface area contributed by atoms with Crippen molar-refractivity contribution in [2.75, 3.05) is 26.2 Å². The van der Waals surface area contributed by atoms with Gasteiger partial charge in [-0.3, -0.25) is 4.99 Å². The molecule has 29 heavy (non-hydrogen) atoms. The quantitative estimate of drug-likeness (QED) is 0.226. The van der Waals surface area contributed by atoms with Gasteiger partial charge in [-0.1, -0.05) is 6.92 Å². The molecule has 0 saturated carbocycles. The third-order valence-corrected chi connectivity index (χ3v) is 3.68. The number of hydrogen-bond donors (Lipinski definition) is 2. The number of aryl methyl sites for hydroxylation is 1. The average molecular weight is 527 g/mol. The molecule has 0 aliphatic heterocycles. The molecule has 0 unspecified atom stereocenters. The Hall–Kier alpha value is -2.12. The summed E-state index contributed by atoms with van der Waals surface area (Å²) in [5.41, 5.74) is -0.807. The normalized spacial score (nSPS) is 11.7. The molecular formula is C17H25F3IN7O. The first kappa shape index (κ1) is 24.9. The van der Waals surface area contributed by atoms with Gasteiger partial charge in [-0.2, -0.15) is 13.2 Å². The Balaban J connectivity index is 0.00000420. The first-order chi connectivity index (χ1) is 13.4. The van der Waals surface area contributed by atoms with Gasteiger partial charge in [-0.05, 0) is 13.0 Å². The zero-order valence-corrected chi connectivity index (χ0v) is 18.6. The number of aliphatic imine (C=N–C) groups is 1. The molecule has 2 rings (SSSR count). The third kappa shape index (κ3) is 8.41. The highest BCUT2D eigenvalue weighted by atomic mass is 127. The first-order valence-electron chi connectivity index (χ1n) is 8.99. The van der Waals surface area contributed by atoms with Gasteiger partial charge in [0.05, 0.1) is 18.7 Å². The summed E-state index contributed by atoms with van der Waals surface area (Å²) in [5, 5.41) is 14.1. The highest BCUT2D eigenvalue weighted by molar-refractivity contribution is 14.0. The second-order valence-corrected chi connectivity index (χ2v) is 5.71. The molecular weight excluding hydrogens is 502 g/mol. The summed E-state index contributed by atoms with van der Waals surface area (Å²) in [6, 6.07) is 2.14. The van der Waals surface area contributed by atoms with Crippen molar-refractivity contribution in [2.24, 2.45) is 4.99 Å². The summed E-state index contributed by atoms with van der Waals surface area (Å²) in [5.74, 6) is 1.67. The molecule has 0 aromatic carbocycles. The fourth-order valence-corrected chi connectivity index (χ4v) is 2.31. The fraction of sp³-hybridized carbons (Fsp3) is 0.529. The lowest BCUT2D eigenvalue weighted by molar-refractivity contribution is -0.137. The Morgan fingerprint density at radius 2 is 2.03 bits per heavy atom. The molecule has 0 saturated heterocycles. The number of ether oxygens (including phenoxy) is 1. The van der Waals surface area contributed by atoms with Crippen LogP contribution in [-0.4, -0.2) is 51.9 Å². The number of guanidine groups is 1. The Kier molecular flexibility index (Phi) is 10.7. The monoisotopic (exact) mass is 527 g/mol. The Bertz CT molecular complexity index is 750. The van der Waals surface area contributed by atoms with E-state index in [4.69, 9.17) is 4.74 Å². The molecule has 162 valence electrons. The molecule has 0 aliphatic carbocycles. The lowest BCUT2D eigenvalue weighted by atomic mass is 10.3.